The van der Waals surface area contributed by atoms with E-state index in [1.807, 2.05) is 29.2 Å². The van der Waals surface area contributed by atoms with Gasteiger partial charge in [0.1, 0.15) is 15.6 Å². The smallest absolute Gasteiger partial charge is 0.265 e. The lowest BCUT2D eigenvalue weighted by Gasteiger charge is -2.37. The summed E-state index contributed by atoms with van der Waals surface area (Å²) in [7, 11) is 1.63. The molecule has 1 aliphatic heterocycles. The van der Waals surface area contributed by atoms with Crippen LogP contribution in [-0.4, -0.2) is 47.2 Å². The standard InChI is InChI=1S/C18H22N2O3S/c1-12-3-4-13(11-21)10-20(12)18(22)16-9-19-17(24-16)14-5-7-15(23-2)8-6-14/h5-9,12-13,21H,3-4,10-11H2,1-2H3. The van der Waals surface area contributed by atoms with Gasteiger partial charge in [-0.1, -0.05) is 0 Å². The van der Waals surface area contributed by atoms with Crippen molar-refractivity contribution >= 4 is 17.2 Å². The van der Waals surface area contributed by atoms with Crippen LogP contribution in [0.4, 0.5) is 0 Å². The number of amides is 1. The van der Waals surface area contributed by atoms with E-state index in [1.54, 1.807) is 13.3 Å². The van der Waals surface area contributed by atoms with Crippen molar-refractivity contribution in [1.29, 1.82) is 0 Å². The molecular formula is C18H22N2O3S. The molecule has 6 heteroatoms. The van der Waals surface area contributed by atoms with E-state index in [4.69, 9.17) is 4.74 Å². The SMILES string of the molecule is COc1ccc(-c2ncc(C(=O)N3CC(CO)CCC3C)s2)cc1. The minimum atomic E-state index is 0.0120. The Morgan fingerprint density at radius 3 is 2.79 bits per heavy atom. The van der Waals surface area contributed by atoms with Crippen LogP contribution >= 0.6 is 11.3 Å². The molecule has 0 radical (unpaired) electrons. The number of carbonyl (C=O) groups is 1. The number of ether oxygens (including phenoxy) is 1. The van der Waals surface area contributed by atoms with Gasteiger partial charge >= 0.3 is 0 Å². The number of aromatic nitrogens is 1. The summed E-state index contributed by atoms with van der Waals surface area (Å²) in [6.45, 7) is 2.82. The third kappa shape index (κ3) is 3.44. The number of aliphatic hydroxyl groups is 1. The molecular weight excluding hydrogens is 324 g/mol. The second-order valence-corrected chi connectivity index (χ2v) is 7.22. The van der Waals surface area contributed by atoms with Gasteiger partial charge in [-0.25, -0.2) is 4.98 Å². The van der Waals surface area contributed by atoms with E-state index in [9.17, 15) is 9.90 Å². The van der Waals surface area contributed by atoms with Crippen molar-refractivity contribution in [2.75, 3.05) is 20.3 Å². The van der Waals surface area contributed by atoms with Crippen molar-refractivity contribution in [3.8, 4) is 16.3 Å². The number of methoxy groups -OCH3 is 1. The van der Waals surface area contributed by atoms with E-state index in [0.29, 0.717) is 11.4 Å². The third-order valence-electron chi connectivity index (χ3n) is 4.55. The fraction of sp³-hybridized carbons (Fsp3) is 0.444. The highest BCUT2D eigenvalue weighted by molar-refractivity contribution is 7.16. The Hall–Kier alpha value is -1.92. The molecule has 2 aromatic rings. The molecule has 0 bridgehead atoms. The molecule has 128 valence electrons. The lowest BCUT2D eigenvalue weighted by atomic mass is 9.94. The number of likely N-dealkylation sites (tertiary alicyclic amines) is 1. The quantitative estimate of drug-likeness (QED) is 0.924. The summed E-state index contributed by atoms with van der Waals surface area (Å²) < 4.78 is 5.16. The maximum atomic E-state index is 12.8. The van der Waals surface area contributed by atoms with Crippen LogP contribution in [-0.2, 0) is 0 Å². The van der Waals surface area contributed by atoms with Gasteiger partial charge in [0.25, 0.3) is 5.91 Å². The Labute approximate surface area is 145 Å². The summed E-state index contributed by atoms with van der Waals surface area (Å²) in [4.78, 5) is 19.7. The molecule has 0 spiro atoms. The summed E-state index contributed by atoms with van der Waals surface area (Å²) in [6, 6.07) is 7.86. The van der Waals surface area contributed by atoms with Crippen LogP contribution in [0.15, 0.2) is 30.5 Å². The summed E-state index contributed by atoms with van der Waals surface area (Å²) in [5.41, 5.74) is 0.972. The molecule has 2 atom stereocenters. The van der Waals surface area contributed by atoms with Crippen molar-refractivity contribution in [3.63, 3.8) is 0 Å². The highest BCUT2D eigenvalue weighted by Gasteiger charge is 2.30. The molecule has 2 unspecified atom stereocenters. The maximum absolute atomic E-state index is 12.8. The van der Waals surface area contributed by atoms with Gasteiger partial charge in [-0.15, -0.1) is 11.3 Å². The number of aliphatic hydroxyl groups excluding tert-OH is 1. The number of hydrogen-bond acceptors (Lipinski definition) is 5. The van der Waals surface area contributed by atoms with Gasteiger partial charge in [-0.2, -0.15) is 0 Å². The number of nitrogens with zero attached hydrogens (tertiary/aromatic N) is 2. The van der Waals surface area contributed by atoms with Gasteiger partial charge < -0.3 is 14.7 Å². The van der Waals surface area contributed by atoms with E-state index in [0.717, 1.165) is 29.2 Å². The normalized spacial score (nSPS) is 20.9. The first-order valence-corrected chi connectivity index (χ1v) is 8.96. The monoisotopic (exact) mass is 346 g/mol. The number of benzene rings is 1. The van der Waals surface area contributed by atoms with Gasteiger partial charge in [0.05, 0.1) is 13.3 Å². The number of rotatable bonds is 4. The summed E-state index contributed by atoms with van der Waals surface area (Å²) in [6.07, 6.45) is 3.56. The van der Waals surface area contributed by atoms with E-state index in [2.05, 4.69) is 11.9 Å². The molecule has 1 fully saturated rings. The maximum Gasteiger partial charge on any atom is 0.265 e. The molecule has 2 heterocycles. The first-order chi connectivity index (χ1) is 11.6. The van der Waals surface area contributed by atoms with Gasteiger partial charge in [0.15, 0.2) is 0 Å². The molecule has 1 aromatic carbocycles. The summed E-state index contributed by atoms with van der Waals surface area (Å²) in [5, 5.41) is 10.2. The van der Waals surface area contributed by atoms with E-state index < -0.39 is 0 Å². The van der Waals surface area contributed by atoms with Crippen molar-refractivity contribution in [3.05, 3.63) is 35.3 Å². The third-order valence-corrected chi connectivity index (χ3v) is 5.59. The Balaban J connectivity index is 1.77. The summed E-state index contributed by atoms with van der Waals surface area (Å²) in [5.74, 6) is 0.987. The largest absolute Gasteiger partial charge is 0.497 e. The van der Waals surface area contributed by atoms with Crippen LogP contribution in [0.1, 0.15) is 29.4 Å². The van der Waals surface area contributed by atoms with E-state index in [1.165, 1.54) is 11.3 Å². The highest BCUT2D eigenvalue weighted by Crippen LogP contribution is 2.29. The molecule has 1 aromatic heterocycles. The number of thiazole rings is 1. The minimum Gasteiger partial charge on any atom is -0.497 e. The van der Waals surface area contributed by atoms with Crippen LogP contribution in [0.25, 0.3) is 10.6 Å². The van der Waals surface area contributed by atoms with Gasteiger partial charge in [-0.3, -0.25) is 4.79 Å². The van der Waals surface area contributed by atoms with E-state index in [-0.39, 0.29) is 24.5 Å². The molecule has 1 aliphatic rings. The average Bonchev–Trinajstić information content (AvgIpc) is 3.12. The van der Waals surface area contributed by atoms with Crippen molar-refractivity contribution in [1.82, 2.24) is 9.88 Å². The molecule has 1 saturated heterocycles. The molecule has 0 aliphatic carbocycles. The first kappa shape index (κ1) is 16.9. The van der Waals surface area contributed by atoms with Crippen LogP contribution in [0, 0.1) is 5.92 Å². The molecule has 1 N–H and O–H groups in total. The van der Waals surface area contributed by atoms with Gasteiger partial charge in [0.2, 0.25) is 0 Å². The molecule has 3 rings (SSSR count). The zero-order chi connectivity index (χ0) is 17.1. The van der Waals surface area contributed by atoms with Crippen molar-refractivity contribution < 1.29 is 14.6 Å². The second-order valence-electron chi connectivity index (χ2n) is 6.19. The zero-order valence-corrected chi connectivity index (χ0v) is 14.8. The molecule has 24 heavy (non-hydrogen) atoms. The summed E-state index contributed by atoms with van der Waals surface area (Å²) >= 11 is 1.41. The second kappa shape index (κ2) is 7.32. The fourth-order valence-electron chi connectivity index (χ4n) is 3.00. The fourth-order valence-corrected chi connectivity index (χ4v) is 3.87. The minimum absolute atomic E-state index is 0.0120. The Morgan fingerprint density at radius 2 is 2.12 bits per heavy atom. The van der Waals surface area contributed by atoms with Crippen LogP contribution in [0.2, 0.25) is 0 Å². The first-order valence-electron chi connectivity index (χ1n) is 8.14. The lowest BCUT2D eigenvalue weighted by Crippen LogP contribution is -2.46. The topological polar surface area (TPSA) is 62.7 Å². The zero-order valence-electron chi connectivity index (χ0n) is 13.9. The van der Waals surface area contributed by atoms with Crippen molar-refractivity contribution in [2.45, 2.75) is 25.8 Å². The average molecular weight is 346 g/mol. The van der Waals surface area contributed by atoms with E-state index >= 15 is 0 Å². The van der Waals surface area contributed by atoms with Crippen LogP contribution in [0.5, 0.6) is 5.75 Å². The Bertz CT molecular complexity index is 699. The number of piperidine rings is 1. The van der Waals surface area contributed by atoms with Crippen LogP contribution < -0.4 is 4.74 Å². The predicted molar refractivity (Wildman–Crippen MR) is 94.4 cm³/mol. The Kier molecular flexibility index (Phi) is 5.16. The lowest BCUT2D eigenvalue weighted by molar-refractivity contribution is 0.0493. The number of carbonyl (C=O) groups excluding carboxylic acids is 1. The Morgan fingerprint density at radius 1 is 1.38 bits per heavy atom. The van der Waals surface area contributed by atoms with Gasteiger partial charge in [0, 0.05) is 24.8 Å². The molecule has 0 saturated carbocycles. The number of hydrogen-bond donors (Lipinski definition) is 1. The van der Waals surface area contributed by atoms with Crippen molar-refractivity contribution in [2.24, 2.45) is 5.92 Å². The molecule has 5 nitrogen and oxygen atoms in total. The van der Waals surface area contributed by atoms with Crippen LogP contribution in [0.3, 0.4) is 0 Å². The predicted octanol–water partition coefficient (Wildman–Crippen LogP) is 3.05. The van der Waals surface area contributed by atoms with Gasteiger partial charge in [-0.05, 0) is 49.9 Å². The molecule has 1 amide bonds. The highest BCUT2D eigenvalue weighted by atomic mass is 32.1.